The van der Waals surface area contributed by atoms with E-state index in [4.69, 9.17) is 14.1 Å². The molecule has 3 rings (SSSR count). The Hall–Kier alpha value is -2.91. The van der Waals surface area contributed by atoms with Crippen molar-refractivity contribution in [3.63, 3.8) is 0 Å². The molecule has 0 atom stereocenters. The summed E-state index contributed by atoms with van der Waals surface area (Å²) in [6.45, 7) is 0. The summed E-state index contributed by atoms with van der Waals surface area (Å²) < 4.78 is 15.7. The molecule has 120 valence electrons. The van der Waals surface area contributed by atoms with Crippen molar-refractivity contribution in [1.29, 1.82) is 5.26 Å². The number of hydrogen-bond acceptors (Lipinski definition) is 5. The molecule has 24 heavy (non-hydrogen) atoms. The Bertz CT molecular complexity index is 841. The molecule has 2 aromatic rings. The van der Waals surface area contributed by atoms with Crippen LogP contribution in [0.1, 0.15) is 11.1 Å². The third-order valence-electron chi connectivity index (χ3n) is 3.96. The highest BCUT2D eigenvalue weighted by atomic mass is 16.5. The van der Waals surface area contributed by atoms with E-state index < -0.39 is 7.12 Å². The van der Waals surface area contributed by atoms with E-state index in [-0.39, 0.29) is 0 Å². The van der Waals surface area contributed by atoms with Gasteiger partial charge in [-0.15, -0.1) is 0 Å². The molecule has 0 spiro atoms. The highest BCUT2D eigenvalue weighted by molar-refractivity contribution is 6.47. The van der Waals surface area contributed by atoms with Gasteiger partial charge >= 0.3 is 7.12 Å². The Balaban J connectivity index is 2.08. The van der Waals surface area contributed by atoms with Gasteiger partial charge in [0.2, 0.25) is 0 Å². The number of rotatable bonds is 4. The first kappa shape index (κ1) is 16.0. The molecule has 0 saturated heterocycles. The Morgan fingerprint density at radius 3 is 2.58 bits per heavy atom. The summed E-state index contributed by atoms with van der Waals surface area (Å²) in [5, 5.41) is 19.1. The maximum atomic E-state index is 9.58. The van der Waals surface area contributed by atoms with E-state index in [0.717, 1.165) is 22.3 Å². The molecule has 5 nitrogen and oxygen atoms in total. The zero-order valence-corrected chi connectivity index (χ0v) is 13.4. The standard InChI is InChI=1S/C18H16BNO4/c1-22-17-7-6-15(16(10-20)18(17)23-2)13-5-3-4-12(8-13)14-9-19(21)24-11-14/h3-8,11,21H,9H2,1-2H3. The molecule has 0 fully saturated rings. The monoisotopic (exact) mass is 321 g/mol. The van der Waals surface area contributed by atoms with Crippen LogP contribution in [0.3, 0.4) is 0 Å². The lowest BCUT2D eigenvalue weighted by atomic mass is 9.81. The van der Waals surface area contributed by atoms with Crippen LogP contribution in [-0.2, 0) is 4.65 Å². The van der Waals surface area contributed by atoms with E-state index in [9.17, 15) is 10.3 Å². The smallest absolute Gasteiger partial charge is 0.526 e. The van der Waals surface area contributed by atoms with E-state index in [1.165, 1.54) is 14.2 Å². The summed E-state index contributed by atoms with van der Waals surface area (Å²) in [6, 6.07) is 13.6. The number of benzene rings is 2. The van der Waals surface area contributed by atoms with Crippen molar-refractivity contribution in [2.75, 3.05) is 14.2 Å². The number of nitrogens with zero attached hydrogens (tertiary/aromatic N) is 1. The van der Waals surface area contributed by atoms with Gasteiger partial charge < -0.3 is 19.2 Å². The van der Waals surface area contributed by atoms with Gasteiger partial charge in [0.25, 0.3) is 0 Å². The normalized spacial score (nSPS) is 13.1. The number of hydrogen-bond donors (Lipinski definition) is 1. The van der Waals surface area contributed by atoms with Gasteiger partial charge in [-0.05, 0) is 34.9 Å². The van der Waals surface area contributed by atoms with Gasteiger partial charge in [0.05, 0.1) is 20.5 Å². The maximum Gasteiger partial charge on any atom is 0.526 e. The summed E-state index contributed by atoms with van der Waals surface area (Å²) in [7, 11) is 2.26. The van der Waals surface area contributed by atoms with Crippen LogP contribution in [0.2, 0.25) is 6.32 Å². The quantitative estimate of drug-likeness (QED) is 0.876. The van der Waals surface area contributed by atoms with Crippen LogP contribution < -0.4 is 9.47 Å². The van der Waals surface area contributed by atoms with E-state index >= 15 is 0 Å². The zero-order valence-electron chi connectivity index (χ0n) is 13.4. The van der Waals surface area contributed by atoms with Crippen molar-refractivity contribution in [3.8, 4) is 28.7 Å². The van der Waals surface area contributed by atoms with Gasteiger partial charge in [-0.2, -0.15) is 5.26 Å². The largest absolute Gasteiger partial charge is 0.542 e. The molecule has 0 aliphatic carbocycles. The number of methoxy groups -OCH3 is 2. The molecule has 0 amide bonds. The van der Waals surface area contributed by atoms with Crippen molar-refractivity contribution in [1.82, 2.24) is 0 Å². The molecule has 1 aliphatic heterocycles. The Morgan fingerprint density at radius 2 is 1.96 bits per heavy atom. The van der Waals surface area contributed by atoms with Crippen molar-refractivity contribution in [2.24, 2.45) is 0 Å². The van der Waals surface area contributed by atoms with Gasteiger partial charge in [0.15, 0.2) is 11.5 Å². The third-order valence-corrected chi connectivity index (χ3v) is 3.96. The van der Waals surface area contributed by atoms with Crippen molar-refractivity contribution < 1.29 is 19.2 Å². The van der Waals surface area contributed by atoms with Gasteiger partial charge in [0.1, 0.15) is 11.6 Å². The highest BCUT2D eigenvalue weighted by Gasteiger charge is 2.24. The molecular weight excluding hydrogens is 305 g/mol. The summed E-state index contributed by atoms with van der Waals surface area (Å²) in [5.74, 6) is 0.936. The average molecular weight is 321 g/mol. The van der Waals surface area contributed by atoms with E-state index in [1.54, 1.807) is 12.3 Å². The van der Waals surface area contributed by atoms with Gasteiger partial charge in [-0.1, -0.05) is 18.2 Å². The van der Waals surface area contributed by atoms with Crippen LogP contribution >= 0.6 is 0 Å². The van der Waals surface area contributed by atoms with Gasteiger partial charge in [0, 0.05) is 11.9 Å². The van der Waals surface area contributed by atoms with E-state index in [1.807, 2.05) is 30.3 Å². The number of ether oxygens (including phenoxy) is 2. The second-order valence-electron chi connectivity index (χ2n) is 5.35. The lowest BCUT2D eigenvalue weighted by Gasteiger charge is -2.13. The summed E-state index contributed by atoms with van der Waals surface area (Å²) in [5.41, 5.74) is 3.93. The summed E-state index contributed by atoms with van der Waals surface area (Å²) >= 11 is 0. The summed E-state index contributed by atoms with van der Waals surface area (Å²) in [6.07, 6.45) is 2.02. The minimum absolute atomic E-state index is 0.418. The average Bonchev–Trinajstić information content (AvgIpc) is 3.06. The second kappa shape index (κ2) is 6.69. The van der Waals surface area contributed by atoms with Crippen molar-refractivity contribution >= 4 is 12.7 Å². The molecule has 0 unspecified atom stereocenters. The lowest BCUT2D eigenvalue weighted by molar-refractivity contribution is 0.354. The molecule has 0 saturated carbocycles. The fourth-order valence-corrected chi connectivity index (χ4v) is 2.80. The topological polar surface area (TPSA) is 71.7 Å². The molecular formula is C18H16BNO4. The van der Waals surface area contributed by atoms with Crippen molar-refractivity contribution in [2.45, 2.75) is 6.32 Å². The van der Waals surface area contributed by atoms with Gasteiger partial charge in [-0.3, -0.25) is 0 Å². The van der Waals surface area contributed by atoms with Crippen LogP contribution in [-0.4, -0.2) is 26.4 Å². The molecule has 0 bridgehead atoms. The molecule has 1 heterocycles. The van der Waals surface area contributed by atoms with Crippen LogP contribution in [0, 0.1) is 11.3 Å². The minimum atomic E-state index is -0.792. The third kappa shape index (κ3) is 2.82. The van der Waals surface area contributed by atoms with E-state index in [0.29, 0.717) is 23.4 Å². The number of nitriles is 1. The van der Waals surface area contributed by atoms with Crippen LogP contribution in [0.5, 0.6) is 11.5 Å². The predicted octanol–water partition coefficient (Wildman–Crippen LogP) is 3.09. The Kier molecular flexibility index (Phi) is 4.45. The fourth-order valence-electron chi connectivity index (χ4n) is 2.80. The molecule has 1 N–H and O–H groups in total. The molecule has 0 radical (unpaired) electrons. The first-order chi connectivity index (χ1) is 11.7. The first-order valence-corrected chi connectivity index (χ1v) is 7.46. The van der Waals surface area contributed by atoms with Crippen molar-refractivity contribution in [3.05, 3.63) is 53.8 Å². The van der Waals surface area contributed by atoms with Crippen LogP contribution in [0.15, 0.2) is 42.7 Å². The van der Waals surface area contributed by atoms with Crippen LogP contribution in [0.4, 0.5) is 0 Å². The Morgan fingerprint density at radius 1 is 1.17 bits per heavy atom. The number of allylic oxidation sites excluding steroid dienone is 1. The molecule has 0 aromatic heterocycles. The second-order valence-corrected chi connectivity index (χ2v) is 5.35. The van der Waals surface area contributed by atoms with Gasteiger partial charge in [-0.25, -0.2) is 0 Å². The Labute approximate surface area is 140 Å². The fraction of sp³-hybridized carbons (Fsp3) is 0.167. The molecule has 1 aliphatic rings. The maximum absolute atomic E-state index is 9.58. The SMILES string of the molecule is COc1ccc(-c2cccc(C3=COB(O)C3)c2)c(C#N)c1OC. The first-order valence-electron chi connectivity index (χ1n) is 7.46. The molecule has 2 aromatic carbocycles. The van der Waals surface area contributed by atoms with E-state index in [2.05, 4.69) is 6.07 Å². The lowest BCUT2D eigenvalue weighted by Crippen LogP contribution is -2.08. The summed E-state index contributed by atoms with van der Waals surface area (Å²) in [4.78, 5) is 0. The highest BCUT2D eigenvalue weighted by Crippen LogP contribution is 2.38. The predicted molar refractivity (Wildman–Crippen MR) is 91.5 cm³/mol. The molecule has 6 heteroatoms. The van der Waals surface area contributed by atoms with Crippen LogP contribution in [0.25, 0.3) is 16.7 Å². The minimum Gasteiger partial charge on any atom is -0.542 e. The zero-order chi connectivity index (χ0) is 17.1.